The average Bonchev–Trinajstić information content (AvgIpc) is 2.67. The topological polar surface area (TPSA) is 125 Å². The normalized spacial score (nSPS) is 12.2. The van der Waals surface area contributed by atoms with Crippen LogP contribution in [0.25, 0.3) is 0 Å². The highest BCUT2D eigenvalue weighted by Crippen LogP contribution is 2.30. The summed E-state index contributed by atoms with van der Waals surface area (Å²) in [7, 11) is -2.93. The maximum absolute atomic E-state index is 12.9. The summed E-state index contributed by atoms with van der Waals surface area (Å²) in [6, 6.07) is 8.62. The molecular formula is C18H19ClN2O7S. The summed E-state index contributed by atoms with van der Waals surface area (Å²) in [6.45, 7) is 1.75. The number of halogens is 1. The fourth-order valence-corrected chi connectivity index (χ4v) is 4.13. The van der Waals surface area contributed by atoms with E-state index in [0.29, 0.717) is 11.3 Å². The highest BCUT2D eigenvalue weighted by molar-refractivity contribution is 7.89. The van der Waals surface area contributed by atoms with Gasteiger partial charge in [-0.3, -0.25) is 14.9 Å². The Hall–Kier alpha value is -2.69. The maximum atomic E-state index is 12.9. The molecule has 2 aromatic rings. The van der Waals surface area contributed by atoms with Crippen LogP contribution < -0.4 is 9.46 Å². The van der Waals surface area contributed by atoms with E-state index in [0.717, 1.165) is 12.1 Å². The second kappa shape index (κ2) is 9.68. The molecule has 156 valence electrons. The lowest BCUT2D eigenvalue weighted by molar-refractivity contribution is -0.387. The van der Waals surface area contributed by atoms with Gasteiger partial charge in [0.2, 0.25) is 10.0 Å². The number of nitrogens with one attached hydrogen (secondary N) is 1. The number of nitro benzene ring substituents is 1. The van der Waals surface area contributed by atoms with Crippen molar-refractivity contribution in [3.63, 3.8) is 0 Å². The van der Waals surface area contributed by atoms with Gasteiger partial charge in [-0.15, -0.1) is 0 Å². The van der Waals surface area contributed by atoms with Crippen LogP contribution in [0.2, 0.25) is 5.02 Å². The molecule has 0 aliphatic rings. The molecule has 29 heavy (non-hydrogen) atoms. The van der Waals surface area contributed by atoms with Crippen LogP contribution in [0.3, 0.4) is 0 Å². The Kier molecular flexibility index (Phi) is 7.54. The Morgan fingerprint density at radius 2 is 2.00 bits per heavy atom. The Labute approximate surface area is 172 Å². The number of methoxy groups -OCH3 is 1. The van der Waals surface area contributed by atoms with Crippen molar-refractivity contribution < 1.29 is 27.6 Å². The number of rotatable bonds is 9. The van der Waals surface area contributed by atoms with Crippen LogP contribution in [-0.2, 0) is 19.6 Å². The molecule has 0 aliphatic carbocycles. The van der Waals surface area contributed by atoms with Crippen LogP contribution in [0.4, 0.5) is 5.69 Å². The number of nitro groups is 1. The molecule has 0 fully saturated rings. The molecule has 0 amide bonds. The van der Waals surface area contributed by atoms with Crippen molar-refractivity contribution >= 4 is 33.3 Å². The van der Waals surface area contributed by atoms with Crippen LogP contribution in [0, 0.1) is 10.1 Å². The molecule has 1 N–H and O–H groups in total. The second-order valence-corrected chi connectivity index (χ2v) is 7.95. The minimum Gasteiger partial charge on any atom is -0.497 e. The van der Waals surface area contributed by atoms with Gasteiger partial charge >= 0.3 is 5.97 Å². The fraction of sp³-hybridized carbons (Fsp3) is 0.278. The lowest BCUT2D eigenvalue weighted by Crippen LogP contribution is -2.31. The van der Waals surface area contributed by atoms with Gasteiger partial charge in [0.05, 0.1) is 31.1 Å². The highest BCUT2D eigenvalue weighted by Gasteiger charge is 2.30. The van der Waals surface area contributed by atoms with Crippen LogP contribution >= 0.6 is 11.6 Å². The third kappa shape index (κ3) is 5.89. The first-order valence-electron chi connectivity index (χ1n) is 8.43. The number of hydrogen-bond donors (Lipinski definition) is 1. The summed E-state index contributed by atoms with van der Waals surface area (Å²) < 4.78 is 38.2. The Bertz CT molecular complexity index is 1010. The molecule has 0 radical (unpaired) electrons. The number of carbonyl (C=O) groups excluding carboxylic acids is 1. The average molecular weight is 443 g/mol. The van der Waals surface area contributed by atoms with Crippen LogP contribution in [0.5, 0.6) is 5.75 Å². The minimum atomic E-state index is -4.38. The number of carbonyl (C=O) groups is 1. The lowest BCUT2D eigenvalue weighted by Gasteiger charge is -2.19. The maximum Gasteiger partial charge on any atom is 0.307 e. The molecule has 11 heteroatoms. The first-order chi connectivity index (χ1) is 13.7. The zero-order valence-electron chi connectivity index (χ0n) is 15.6. The van der Waals surface area contributed by atoms with Gasteiger partial charge in [-0.1, -0.05) is 23.7 Å². The number of nitrogens with zero attached hydrogens (tertiary/aromatic N) is 1. The van der Waals surface area contributed by atoms with Crippen molar-refractivity contribution in [2.45, 2.75) is 24.3 Å². The Balaban J connectivity index is 2.46. The highest BCUT2D eigenvalue weighted by atomic mass is 35.5. The predicted octanol–water partition coefficient (Wildman–Crippen LogP) is 3.23. The third-order valence-electron chi connectivity index (χ3n) is 3.88. The number of benzene rings is 2. The van der Waals surface area contributed by atoms with E-state index >= 15 is 0 Å². The molecule has 2 aromatic carbocycles. The van der Waals surface area contributed by atoms with Crippen LogP contribution in [0.15, 0.2) is 47.4 Å². The van der Waals surface area contributed by atoms with E-state index in [1.54, 1.807) is 31.2 Å². The monoisotopic (exact) mass is 442 g/mol. The van der Waals surface area contributed by atoms with Gasteiger partial charge in [0.15, 0.2) is 4.90 Å². The first kappa shape index (κ1) is 22.6. The molecule has 0 heterocycles. The molecular weight excluding hydrogens is 424 g/mol. The smallest absolute Gasteiger partial charge is 0.307 e. The van der Waals surface area contributed by atoms with Crippen LogP contribution in [0.1, 0.15) is 24.9 Å². The molecule has 0 aromatic heterocycles. The van der Waals surface area contributed by atoms with E-state index in [1.807, 2.05) is 0 Å². The van der Waals surface area contributed by atoms with Gasteiger partial charge in [-0.2, -0.15) is 0 Å². The Morgan fingerprint density at radius 1 is 1.28 bits per heavy atom. The first-order valence-corrected chi connectivity index (χ1v) is 10.3. The van der Waals surface area contributed by atoms with E-state index in [2.05, 4.69) is 4.72 Å². The molecule has 0 spiro atoms. The number of sulfonamides is 1. The third-order valence-corrected chi connectivity index (χ3v) is 5.63. The van der Waals surface area contributed by atoms with Crippen LogP contribution in [-0.4, -0.2) is 33.0 Å². The summed E-state index contributed by atoms with van der Waals surface area (Å²) in [5, 5.41) is 11.3. The van der Waals surface area contributed by atoms with Gasteiger partial charge in [0, 0.05) is 11.1 Å². The quantitative estimate of drug-likeness (QED) is 0.359. The van der Waals surface area contributed by atoms with E-state index in [9.17, 15) is 23.3 Å². The van der Waals surface area contributed by atoms with Gasteiger partial charge < -0.3 is 9.47 Å². The molecule has 1 unspecified atom stereocenters. The largest absolute Gasteiger partial charge is 0.497 e. The zero-order chi connectivity index (χ0) is 21.6. The second-order valence-electron chi connectivity index (χ2n) is 5.83. The molecule has 0 saturated heterocycles. The fourth-order valence-electron chi connectivity index (χ4n) is 2.58. The van der Waals surface area contributed by atoms with Crippen molar-refractivity contribution in [1.82, 2.24) is 4.72 Å². The molecule has 0 bridgehead atoms. The number of hydrogen-bond acceptors (Lipinski definition) is 7. The van der Waals surface area contributed by atoms with Crippen molar-refractivity contribution in [1.29, 1.82) is 0 Å². The number of esters is 1. The zero-order valence-corrected chi connectivity index (χ0v) is 17.2. The summed E-state index contributed by atoms with van der Waals surface area (Å²) in [5.74, 6) is -0.179. The molecule has 9 nitrogen and oxygen atoms in total. The molecule has 2 rings (SSSR count). The molecule has 0 saturated carbocycles. The molecule has 0 aliphatic heterocycles. The summed E-state index contributed by atoms with van der Waals surface area (Å²) in [6.07, 6.45) is -0.318. The van der Waals surface area contributed by atoms with E-state index in [1.165, 1.54) is 13.2 Å². The standard InChI is InChI=1S/C18H19ClN2O7S/c1-3-28-18(22)11-15(12-5-4-6-14(9-12)27-2)20-29(25,26)17-8-7-13(19)10-16(17)21(23)24/h4-10,15,20H,3,11H2,1-2H3. The van der Waals surface area contributed by atoms with E-state index in [4.69, 9.17) is 21.1 Å². The molecule has 1 atom stereocenters. The lowest BCUT2D eigenvalue weighted by atomic mass is 10.0. The predicted molar refractivity (Wildman–Crippen MR) is 105 cm³/mol. The SMILES string of the molecule is CCOC(=O)CC(NS(=O)(=O)c1ccc(Cl)cc1[N+](=O)[O-])c1cccc(OC)c1. The summed E-state index contributed by atoms with van der Waals surface area (Å²) in [5.41, 5.74) is -0.247. The van der Waals surface area contributed by atoms with E-state index < -0.39 is 37.5 Å². The van der Waals surface area contributed by atoms with Crippen molar-refractivity contribution in [2.24, 2.45) is 0 Å². The van der Waals surface area contributed by atoms with Gasteiger partial charge in [-0.25, -0.2) is 13.1 Å². The van der Waals surface area contributed by atoms with Crippen molar-refractivity contribution in [3.8, 4) is 5.75 Å². The van der Waals surface area contributed by atoms with Crippen molar-refractivity contribution in [3.05, 3.63) is 63.2 Å². The number of ether oxygens (including phenoxy) is 2. The van der Waals surface area contributed by atoms with Crippen molar-refractivity contribution in [2.75, 3.05) is 13.7 Å². The van der Waals surface area contributed by atoms with Gasteiger partial charge in [0.1, 0.15) is 5.75 Å². The van der Waals surface area contributed by atoms with Gasteiger partial charge in [0.25, 0.3) is 5.69 Å². The summed E-state index contributed by atoms with van der Waals surface area (Å²) in [4.78, 5) is 21.9. The van der Waals surface area contributed by atoms with E-state index in [-0.39, 0.29) is 18.1 Å². The Morgan fingerprint density at radius 3 is 2.62 bits per heavy atom. The van der Waals surface area contributed by atoms with Gasteiger partial charge in [-0.05, 0) is 36.8 Å². The minimum absolute atomic E-state index is 0.0199. The summed E-state index contributed by atoms with van der Waals surface area (Å²) >= 11 is 5.75.